The van der Waals surface area contributed by atoms with Crippen LogP contribution < -0.4 is 0 Å². The molecule has 1 N–H and O–H groups in total. The Morgan fingerprint density at radius 3 is 2.69 bits per heavy atom. The molecule has 0 aliphatic heterocycles. The monoisotopic (exact) mass is 213 g/mol. The molecule has 0 bridgehead atoms. The summed E-state index contributed by atoms with van der Waals surface area (Å²) >= 11 is 0. The van der Waals surface area contributed by atoms with Gasteiger partial charge in [0.1, 0.15) is 12.1 Å². The van der Waals surface area contributed by atoms with E-state index in [9.17, 15) is 9.18 Å². The molecule has 3 heteroatoms. The summed E-state index contributed by atoms with van der Waals surface area (Å²) in [6, 6.07) is 9.97. The molecule has 0 saturated carbocycles. The van der Waals surface area contributed by atoms with Crippen LogP contribution in [0.3, 0.4) is 0 Å². The summed E-state index contributed by atoms with van der Waals surface area (Å²) in [7, 11) is 0. The average Bonchev–Trinajstić information content (AvgIpc) is 2.65. The van der Waals surface area contributed by atoms with Crippen LogP contribution >= 0.6 is 0 Å². The summed E-state index contributed by atoms with van der Waals surface area (Å²) in [5.74, 6) is -0.269. The Kier molecular flexibility index (Phi) is 1.80. The first-order valence-electron chi connectivity index (χ1n) is 4.94. The van der Waals surface area contributed by atoms with Crippen molar-refractivity contribution in [3.8, 4) is 0 Å². The number of aldehydes is 1. The van der Waals surface area contributed by atoms with Crippen molar-refractivity contribution in [2.45, 2.75) is 0 Å². The molecular weight excluding hydrogens is 205 g/mol. The lowest BCUT2D eigenvalue weighted by Crippen LogP contribution is -1.77. The van der Waals surface area contributed by atoms with E-state index in [0.29, 0.717) is 5.56 Å². The van der Waals surface area contributed by atoms with E-state index >= 15 is 0 Å². The Balaban J connectivity index is 2.47. The van der Waals surface area contributed by atoms with E-state index in [-0.39, 0.29) is 5.82 Å². The highest BCUT2D eigenvalue weighted by molar-refractivity contribution is 6.08. The number of H-pyrrole nitrogens is 1. The summed E-state index contributed by atoms with van der Waals surface area (Å²) in [6.07, 6.45) is 0.807. The molecule has 3 aromatic rings. The third-order valence-electron chi connectivity index (χ3n) is 2.72. The summed E-state index contributed by atoms with van der Waals surface area (Å²) in [6.45, 7) is 0. The summed E-state index contributed by atoms with van der Waals surface area (Å²) in [4.78, 5) is 13.8. The molecule has 2 nitrogen and oxygen atoms in total. The van der Waals surface area contributed by atoms with Gasteiger partial charge in [0, 0.05) is 27.4 Å². The third-order valence-corrected chi connectivity index (χ3v) is 2.72. The zero-order valence-corrected chi connectivity index (χ0v) is 8.33. The van der Waals surface area contributed by atoms with Gasteiger partial charge in [0.25, 0.3) is 0 Å². The van der Waals surface area contributed by atoms with E-state index in [1.165, 1.54) is 12.1 Å². The van der Waals surface area contributed by atoms with Crippen LogP contribution in [0.2, 0.25) is 0 Å². The zero-order chi connectivity index (χ0) is 11.1. The van der Waals surface area contributed by atoms with Gasteiger partial charge in [0.15, 0.2) is 0 Å². The Morgan fingerprint density at radius 1 is 1.00 bits per heavy atom. The molecular formula is C13H8FNO. The second kappa shape index (κ2) is 3.17. The smallest absolute Gasteiger partial charge is 0.150 e. The number of rotatable bonds is 1. The maximum absolute atomic E-state index is 13.0. The Morgan fingerprint density at radius 2 is 1.88 bits per heavy atom. The van der Waals surface area contributed by atoms with Gasteiger partial charge < -0.3 is 4.98 Å². The lowest BCUT2D eigenvalue weighted by Gasteiger charge is -1.92. The Bertz CT molecular complexity index is 700. The van der Waals surface area contributed by atoms with Crippen LogP contribution in [0.25, 0.3) is 21.8 Å². The van der Waals surface area contributed by atoms with Gasteiger partial charge in [-0.15, -0.1) is 0 Å². The maximum Gasteiger partial charge on any atom is 0.150 e. The molecule has 0 atom stereocenters. The zero-order valence-electron chi connectivity index (χ0n) is 8.33. The number of benzene rings is 2. The van der Waals surface area contributed by atoms with Crippen molar-refractivity contribution < 1.29 is 9.18 Å². The molecule has 0 aliphatic carbocycles. The molecule has 0 amide bonds. The quantitative estimate of drug-likeness (QED) is 0.618. The molecule has 0 spiro atoms. The van der Waals surface area contributed by atoms with E-state index in [2.05, 4.69) is 4.98 Å². The normalized spacial score (nSPS) is 11.1. The van der Waals surface area contributed by atoms with Crippen molar-refractivity contribution in [1.82, 2.24) is 4.98 Å². The van der Waals surface area contributed by atoms with E-state index < -0.39 is 0 Å². The van der Waals surface area contributed by atoms with Crippen molar-refractivity contribution in [3.63, 3.8) is 0 Å². The van der Waals surface area contributed by atoms with Gasteiger partial charge in [-0.05, 0) is 36.4 Å². The predicted molar refractivity (Wildman–Crippen MR) is 61.2 cm³/mol. The highest BCUT2D eigenvalue weighted by Crippen LogP contribution is 2.26. The minimum Gasteiger partial charge on any atom is -0.354 e. The molecule has 2 aromatic carbocycles. The number of carbonyl (C=O) groups is 1. The second-order valence-corrected chi connectivity index (χ2v) is 3.74. The van der Waals surface area contributed by atoms with Crippen LogP contribution in [0.1, 0.15) is 10.4 Å². The molecule has 0 fully saturated rings. The first kappa shape index (κ1) is 9.09. The van der Waals surface area contributed by atoms with Crippen LogP contribution in [0.4, 0.5) is 4.39 Å². The number of aromatic nitrogens is 1. The lowest BCUT2D eigenvalue weighted by molar-refractivity contribution is 0.112. The van der Waals surface area contributed by atoms with E-state index in [1.807, 2.05) is 6.07 Å². The molecule has 16 heavy (non-hydrogen) atoms. The van der Waals surface area contributed by atoms with Crippen LogP contribution in [0.15, 0.2) is 36.4 Å². The van der Waals surface area contributed by atoms with Crippen molar-refractivity contribution in [1.29, 1.82) is 0 Å². The average molecular weight is 213 g/mol. The van der Waals surface area contributed by atoms with Gasteiger partial charge in [-0.3, -0.25) is 4.79 Å². The van der Waals surface area contributed by atoms with Crippen molar-refractivity contribution in [3.05, 3.63) is 47.8 Å². The van der Waals surface area contributed by atoms with Crippen molar-refractivity contribution in [2.24, 2.45) is 0 Å². The number of aromatic amines is 1. The largest absolute Gasteiger partial charge is 0.354 e. The fourth-order valence-corrected chi connectivity index (χ4v) is 1.97. The number of halogens is 1. The number of nitrogens with one attached hydrogen (secondary N) is 1. The molecule has 1 aromatic heterocycles. The molecule has 3 rings (SSSR count). The minimum atomic E-state index is -0.269. The van der Waals surface area contributed by atoms with Crippen molar-refractivity contribution >= 4 is 28.1 Å². The van der Waals surface area contributed by atoms with Gasteiger partial charge in [0.2, 0.25) is 0 Å². The highest BCUT2D eigenvalue weighted by atomic mass is 19.1. The molecule has 0 radical (unpaired) electrons. The standard InChI is InChI=1S/C13H8FNO/c14-9-2-3-10-11-5-8(7-16)1-4-12(11)15-13(10)6-9/h1-7,15H. The summed E-state index contributed by atoms with van der Waals surface area (Å²) in [5, 5.41) is 1.87. The van der Waals surface area contributed by atoms with Gasteiger partial charge >= 0.3 is 0 Å². The Hall–Kier alpha value is -2.16. The lowest BCUT2D eigenvalue weighted by atomic mass is 10.1. The van der Waals surface area contributed by atoms with Crippen LogP contribution in [0.5, 0.6) is 0 Å². The van der Waals surface area contributed by atoms with Gasteiger partial charge in [-0.2, -0.15) is 0 Å². The second-order valence-electron chi connectivity index (χ2n) is 3.74. The van der Waals surface area contributed by atoms with Crippen LogP contribution in [0, 0.1) is 5.82 Å². The molecule has 1 heterocycles. The number of hydrogen-bond acceptors (Lipinski definition) is 1. The summed E-state index contributed by atoms with van der Waals surface area (Å²) < 4.78 is 13.0. The highest BCUT2D eigenvalue weighted by Gasteiger charge is 2.05. The van der Waals surface area contributed by atoms with E-state index in [0.717, 1.165) is 28.1 Å². The molecule has 0 unspecified atom stereocenters. The predicted octanol–water partition coefficient (Wildman–Crippen LogP) is 3.27. The maximum atomic E-state index is 13.0. The fourth-order valence-electron chi connectivity index (χ4n) is 1.97. The number of carbonyl (C=O) groups excluding carboxylic acids is 1. The molecule has 78 valence electrons. The molecule has 0 aliphatic rings. The first-order chi connectivity index (χ1) is 7.78. The van der Waals surface area contributed by atoms with Crippen molar-refractivity contribution in [2.75, 3.05) is 0 Å². The molecule has 0 saturated heterocycles. The van der Waals surface area contributed by atoms with Crippen LogP contribution in [-0.2, 0) is 0 Å². The number of hydrogen-bond donors (Lipinski definition) is 1. The topological polar surface area (TPSA) is 32.9 Å². The Labute approximate surface area is 90.7 Å². The first-order valence-corrected chi connectivity index (χ1v) is 4.94. The third kappa shape index (κ3) is 1.21. The fraction of sp³-hybridized carbons (Fsp3) is 0. The van der Waals surface area contributed by atoms with E-state index in [1.54, 1.807) is 18.2 Å². The van der Waals surface area contributed by atoms with Gasteiger partial charge in [-0.25, -0.2) is 4.39 Å². The van der Waals surface area contributed by atoms with Gasteiger partial charge in [0.05, 0.1) is 0 Å². The number of fused-ring (bicyclic) bond motifs is 3. The van der Waals surface area contributed by atoms with E-state index in [4.69, 9.17) is 0 Å². The van der Waals surface area contributed by atoms with Crippen LogP contribution in [-0.4, -0.2) is 11.3 Å². The van der Waals surface area contributed by atoms with Gasteiger partial charge in [-0.1, -0.05) is 0 Å². The SMILES string of the molecule is O=Cc1ccc2[nH]c3cc(F)ccc3c2c1. The minimum absolute atomic E-state index is 0.269. The summed E-state index contributed by atoms with van der Waals surface area (Å²) in [5.41, 5.74) is 2.28.